The van der Waals surface area contributed by atoms with Crippen LogP contribution in [0.15, 0.2) is 85.1 Å². The lowest BCUT2D eigenvalue weighted by atomic mass is 10.1. The van der Waals surface area contributed by atoms with E-state index in [0.717, 1.165) is 64.2 Å². The van der Waals surface area contributed by atoms with Gasteiger partial charge in [-0.05, 0) is 77.0 Å². The van der Waals surface area contributed by atoms with Crippen LogP contribution >= 0.6 is 7.82 Å². The third-order valence-electron chi connectivity index (χ3n) is 8.96. The van der Waals surface area contributed by atoms with Gasteiger partial charge in [0.1, 0.15) is 19.8 Å². The van der Waals surface area contributed by atoms with Crippen molar-refractivity contribution in [1.82, 2.24) is 0 Å². The van der Waals surface area contributed by atoms with Crippen molar-refractivity contribution in [2.75, 3.05) is 47.5 Å². The number of nitrogens with zero attached hydrogens (tertiary/aromatic N) is 1. The van der Waals surface area contributed by atoms with Crippen molar-refractivity contribution >= 4 is 19.8 Å². The molecular weight excluding hydrogens is 765 g/mol. The Morgan fingerprint density at radius 1 is 0.610 bits per heavy atom. The number of carbonyl (C=O) groups excluding carboxylic acids is 2. The minimum atomic E-state index is -4.67. The number of phosphoric acid groups is 1. The minimum absolute atomic E-state index is 0.0604. The number of ether oxygens (including phenoxy) is 2. The highest BCUT2D eigenvalue weighted by Gasteiger charge is 2.21. The number of likely N-dealkylation sites (N-methyl/N-ethyl adjacent to an activating group) is 1. The Labute approximate surface area is 359 Å². The molecule has 0 aromatic heterocycles. The fourth-order valence-corrected chi connectivity index (χ4v) is 6.11. The summed E-state index contributed by atoms with van der Waals surface area (Å²) in [5.41, 5.74) is 0. The van der Waals surface area contributed by atoms with Gasteiger partial charge in [-0.25, -0.2) is 0 Å². The van der Waals surface area contributed by atoms with E-state index in [9.17, 15) is 24.2 Å². The zero-order valence-electron chi connectivity index (χ0n) is 37.5. The number of aliphatic hydroxyl groups excluding tert-OH is 1. The van der Waals surface area contributed by atoms with E-state index in [-0.39, 0.29) is 32.2 Å². The van der Waals surface area contributed by atoms with E-state index in [1.54, 1.807) is 0 Å². The standard InChI is InChI=1S/C48H82NO9P/c1-6-8-10-11-12-13-14-15-16-17-18-19-23-26-29-32-35-39-47(51)55-43-46(44-57-59(53,54)56-42-41-49(3,4)5)58-48(52)40-36-33-30-27-24-21-20-22-25-28-31-34-38-45(50)37-9-7-2/h15-16,18-21,25-30,34,38,45-46,50H,6-14,17,22-24,31-33,35-37,39-44H2,1-5H3/b16-15-,19-18-,21-20-,28-25-,29-26-,30-27-,38-34-/t45-,46-/m1/s1. The predicted molar refractivity (Wildman–Crippen MR) is 242 cm³/mol. The lowest BCUT2D eigenvalue weighted by molar-refractivity contribution is -0.870. The summed E-state index contributed by atoms with van der Waals surface area (Å²) in [4.78, 5) is 37.5. The number of quaternary nitrogens is 1. The molecule has 0 rings (SSSR count). The average molecular weight is 848 g/mol. The van der Waals surface area contributed by atoms with Crippen LogP contribution < -0.4 is 4.89 Å². The number of hydrogen-bond donors (Lipinski definition) is 1. The second kappa shape index (κ2) is 39.3. The minimum Gasteiger partial charge on any atom is -0.756 e. The number of aliphatic hydroxyl groups is 1. The molecule has 0 spiro atoms. The highest BCUT2D eigenvalue weighted by Crippen LogP contribution is 2.38. The van der Waals surface area contributed by atoms with Crippen LogP contribution in [0.25, 0.3) is 0 Å². The molecule has 0 aromatic rings. The average Bonchev–Trinajstić information content (AvgIpc) is 3.18. The Balaban J connectivity index is 4.58. The number of unbranched alkanes of at least 4 members (excludes halogenated alkanes) is 9. The van der Waals surface area contributed by atoms with E-state index in [2.05, 4.69) is 68.5 Å². The normalized spacial score (nSPS) is 14.9. The summed E-state index contributed by atoms with van der Waals surface area (Å²) in [7, 11) is 1.06. The van der Waals surface area contributed by atoms with E-state index in [0.29, 0.717) is 30.3 Å². The van der Waals surface area contributed by atoms with Gasteiger partial charge in [-0.3, -0.25) is 14.2 Å². The fraction of sp³-hybridized carbons (Fsp3) is 0.667. The number of rotatable bonds is 39. The number of esters is 2. The van der Waals surface area contributed by atoms with Crippen molar-refractivity contribution < 1.29 is 47.2 Å². The quantitative estimate of drug-likeness (QED) is 0.0211. The molecule has 0 radical (unpaired) electrons. The maximum absolute atomic E-state index is 12.7. The van der Waals surface area contributed by atoms with Gasteiger partial charge in [-0.1, -0.05) is 144 Å². The molecule has 0 bridgehead atoms. The molecular formula is C48H82NO9P. The number of carbonyl (C=O) groups is 2. The molecule has 3 atom stereocenters. The molecule has 0 aliphatic carbocycles. The topological polar surface area (TPSA) is 131 Å². The lowest BCUT2D eigenvalue weighted by Gasteiger charge is -2.28. The van der Waals surface area contributed by atoms with Gasteiger partial charge in [0.05, 0.1) is 33.9 Å². The van der Waals surface area contributed by atoms with Crippen LogP contribution in [-0.2, 0) is 32.7 Å². The molecule has 11 heteroatoms. The van der Waals surface area contributed by atoms with E-state index in [1.165, 1.54) is 38.5 Å². The zero-order chi connectivity index (χ0) is 43.7. The smallest absolute Gasteiger partial charge is 0.306 e. The molecule has 0 saturated heterocycles. The lowest BCUT2D eigenvalue weighted by Crippen LogP contribution is -2.37. The van der Waals surface area contributed by atoms with Gasteiger partial charge in [0.2, 0.25) is 0 Å². The Bertz CT molecular complexity index is 1300. The molecule has 0 aliphatic rings. The first-order valence-electron chi connectivity index (χ1n) is 22.4. The first kappa shape index (κ1) is 56.1. The van der Waals surface area contributed by atoms with Crippen LogP contribution in [0.2, 0.25) is 0 Å². The Hall–Kier alpha value is -2.85. The van der Waals surface area contributed by atoms with Crippen molar-refractivity contribution in [1.29, 1.82) is 0 Å². The number of allylic oxidation sites excluding steroid dienone is 13. The highest BCUT2D eigenvalue weighted by atomic mass is 31.2. The van der Waals surface area contributed by atoms with Gasteiger partial charge in [0.15, 0.2) is 6.10 Å². The molecule has 0 aromatic carbocycles. The Morgan fingerprint density at radius 3 is 1.63 bits per heavy atom. The van der Waals surface area contributed by atoms with Crippen LogP contribution in [0.5, 0.6) is 0 Å². The third kappa shape index (κ3) is 43.1. The van der Waals surface area contributed by atoms with Crippen molar-refractivity contribution in [3.63, 3.8) is 0 Å². The van der Waals surface area contributed by atoms with Crippen LogP contribution in [0.3, 0.4) is 0 Å². The number of phosphoric ester groups is 1. The summed E-state index contributed by atoms with van der Waals surface area (Å²) < 4.78 is 33.7. The summed E-state index contributed by atoms with van der Waals surface area (Å²) >= 11 is 0. The van der Waals surface area contributed by atoms with Crippen LogP contribution in [0.4, 0.5) is 0 Å². The van der Waals surface area contributed by atoms with Crippen LogP contribution in [-0.4, -0.2) is 81.2 Å². The van der Waals surface area contributed by atoms with E-state index >= 15 is 0 Å². The first-order chi connectivity index (χ1) is 28.4. The summed E-state index contributed by atoms with van der Waals surface area (Å²) in [5, 5.41) is 9.83. The van der Waals surface area contributed by atoms with Gasteiger partial charge in [0.25, 0.3) is 7.82 Å². The zero-order valence-corrected chi connectivity index (χ0v) is 38.4. The molecule has 1 N–H and O–H groups in total. The van der Waals surface area contributed by atoms with Crippen molar-refractivity contribution in [2.24, 2.45) is 0 Å². The maximum Gasteiger partial charge on any atom is 0.306 e. The molecule has 10 nitrogen and oxygen atoms in total. The van der Waals surface area contributed by atoms with Crippen LogP contribution in [0, 0.1) is 0 Å². The molecule has 0 amide bonds. The molecule has 0 saturated carbocycles. The highest BCUT2D eigenvalue weighted by molar-refractivity contribution is 7.45. The molecule has 0 fully saturated rings. The fourth-order valence-electron chi connectivity index (χ4n) is 5.39. The molecule has 0 heterocycles. The molecule has 0 aliphatic heterocycles. The summed E-state index contributed by atoms with van der Waals surface area (Å²) in [6.07, 6.45) is 46.8. The van der Waals surface area contributed by atoms with Gasteiger partial charge in [-0.15, -0.1) is 0 Å². The predicted octanol–water partition coefficient (Wildman–Crippen LogP) is 11.1. The molecule has 59 heavy (non-hydrogen) atoms. The van der Waals surface area contributed by atoms with E-state index in [4.69, 9.17) is 18.5 Å². The van der Waals surface area contributed by atoms with Gasteiger partial charge in [0, 0.05) is 12.8 Å². The maximum atomic E-state index is 12.7. The van der Waals surface area contributed by atoms with E-state index < -0.39 is 32.5 Å². The monoisotopic (exact) mass is 848 g/mol. The summed E-state index contributed by atoms with van der Waals surface area (Å²) in [6.45, 7) is 3.90. The van der Waals surface area contributed by atoms with Gasteiger partial charge < -0.3 is 33.0 Å². The summed E-state index contributed by atoms with van der Waals surface area (Å²) in [5.74, 6) is -0.993. The number of hydrogen-bond acceptors (Lipinski definition) is 9. The molecule has 338 valence electrons. The molecule has 1 unspecified atom stereocenters. The van der Waals surface area contributed by atoms with Gasteiger partial charge in [-0.2, -0.15) is 0 Å². The Kier molecular flexibility index (Phi) is 37.4. The van der Waals surface area contributed by atoms with E-state index in [1.807, 2.05) is 51.5 Å². The Morgan fingerprint density at radius 2 is 1.08 bits per heavy atom. The summed E-state index contributed by atoms with van der Waals surface area (Å²) in [6, 6.07) is 0. The van der Waals surface area contributed by atoms with Gasteiger partial charge >= 0.3 is 11.9 Å². The van der Waals surface area contributed by atoms with Crippen LogP contribution in [0.1, 0.15) is 149 Å². The van der Waals surface area contributed by atoms with Crippen molar-refractivity contribution in [3.05, 3.63) is 85.1 Å². The SMILES string of the molecule is CCCCCCCC/C=C\C/C=C\C/C=C\CCCC(=O)OC[C@H](COP(=O)([O-])OCC[N+](C)(C)C)OC(=O)CCC/C=C\C/C=C\C/C=C\C/C=C\[C@H](O)CCCC. The second-order valence-corrected chi connectivity index (χ2v) is 17.3. The first-order valence-corrected chi connectivity index (χ1v) is 23.8. The third-order valence-corrected chi connectivity index (χ3v) is 9.92. The van der Waals surface area contributed by atoms with Crippen molar-refractivity contribution in [2.45, 2.75) is 161 Å². The second-order valence-electron chi connectivity index (χ2n) is 15.9. The largest absolute Gasteiger partial charge is 0.756 e. The van der Waals surface area contributed by atoms with Crippen molar-refractivity contribution in [3.8, 4) is 0 Å².